The van der Waals surface area contributed by atoms with Crippen LogP contribution in [0.2, 0.25) is 0 Å². The van der Waals surface area contributed by atoms with Crippen LogP contribution in [0, 0.1) is 9.39 Å². The Morgan fingerprint density at radius 3 is 2.65 bits per heavy atom. The second-order valence-electron chi connectivity index (χ2n) is 4.29. The molecule has 4 heteroatoms. The molecule has 2 nitrogen and oxygen atoms in total. The molecule has 0 radical (unpaired) electrons. The predicted octanol–water partition coefficient (Wildman–Crippen LogP) is 3.92. The summed E-state index contributed by atoms with van der Waals surface area (Å²) in [7, 11) is 0. The lowest BCUT2D eigenvalue weighted by Gasteiger charge is -2.22. The number of rotatable bonds is 2. The van der Waals surface area contributed by atoms with Gasteiger partial charge in [0, 0.05) is 3.57 Å². The Morgan fingerprint density at radius 2 is 2.00 bits per heavy atom. The molecule has 1 aromatic carbocycles. The number of ether oxygens (including phenoxy) is 1. The highest BCUT2D eigenvalue weighted by atomic mass is 127. The first-order chi connectivity index (χ1) is 8.16. The zero-order chi connectivity index (χ0) is 12.3. The van der Waals surface area contributed by atoms with Gasteiger partial charge in [0.25, 0.3) is 0 Å². The molecule has 0 spiro atoms. The van der Waals surface area contributed by atoms with Crippen LogP contribution >= 0.6 is 22.6 Å². The monoisotopic (exact) mass is 348 g/mol. The number of hydrogen-bond acceptors (Lipinski definition) is 2. The van der Waals surface area contributed by atoms with E-state index >= 15 is 0 Å². The number of halogens is 2. The summed E-state index contributed by atoms with van der Waals surface area (Å²) in [5.74, 6) is -0.662. The average Bonchev–Trinajstić information content (AvgIpc) is 2.30. The fourth-order valence-corrected chi connectivity index (χ4v) is 2.75. The predicted molar refractivity (Wildman–Crippen MR) is 71.4 cm³/mol. The van der Waals surface area contributed by atoms with Crippen molar-refractivity contribution < 1.29 is 13.9 Å². The number of carbonyl (C=O) groups excluding carboxylic acids is 1. The minimum atomic E-state index is -0.332. The molecule has 92 valence electrons. The minimum Gasteiger partial charge on any atom is -0.459 e. The standard InChI is InChI=1S/C13H14FIO2/c14-9-6-7-11(12(15)8-9)13(16)17-10-4-2-1-3-5-10/h6-8,10H,1-5H2. The Bertz CT molecular complexity index is 414. The number of benzene rings is 1. The van der Waals surface area contributed by atoms with Gasteiger partial charge in [-0.1, -0.05) is 6.42 Å². The van der Waals surface area contributed by atoms with Crippen molar-refractivity contribution in [1.29, 1.82) is 0 Å². The third kappa shape index (κ3) is 3.40. The maximum atomic E-state index is 12.9. The number of esters is 1. The van der Waals surface area contributed by atoms with Crippen molar-refractivity contribution in [3.05, 3.63) is 33.1 Å². The van der Waals surface area contributed by atoms with Crippen LogP contribution in [-0.2, 0) is 4.74 Å². The second kappa shape index (κ2) is 5.80. The van der Waals surface area contributed by atoms with E-state index in [4.69, 9.17) is 4.74 Å². The van der Waals surface area contributed by atoms with Crippen molar-refractivity contribution >= 4 is 28.6 Å². The lowest BCUT2D eigenvalue weighted by molar-refractivity contribution is 0.0210. The summed E-state index contributed by atoms with van der Waals surface area (Å²) in [6.07, 6.45) is 5.41. The summed E-state index contributed by atoms with van der Waals surface area (Å²) < 4.78 is 18.9. The molecule has 0 aromatic heterocycles. The summed E-state index contributed by atoms with van der Waals surface area (Å²) >= 11 is 1.95. The summed E-state index contributed by atoms with van der Waals surface area (Å²) in [4.78, 5) is 11.9. The quantitative estimate of drug-likeness (QED) is 0.598. The third-order valence-corrected chi connectivity index (χ3v) is 3.87. The molecule has 1 aromatic rings. The summed E-state index contributed by atoms with van der Waals surface area (Å²) in [6.45, 7) is 0. The summed E-state index contributed by atoms with van der Waals surface area (Å²) in [6, 6.07) is 4.12. The van der Waals surface area contributed by atoms with Gasteiger partial charge in [0.2, 0.25) is 0 Å². The van der Waals surface area contributed by atoms with E-state index in [1.54, 1.807) is 0 Å². The first kappa shape index (κ1) is 12.8. The van der Waals surface area contributed by atoms with E-state index in [-0.39, 0.29) is 17.9 Å². The Balaban J connectivity index is 2.03. The van der Waals surface area contributed by atoms with Gasteiger partial charge in [-0.25, -0.2) is 9.18 Å². The largest absolute Gasteiger partial charge is 0.459 e. The second-order valence-corrected chi connectivity index (χ2v) is 5.45. The van der Waals surface area contributed by atoms with E-state index in [0.29, 0.717) is 9.13 Å². The van der Waals surface area contributed by atoms with E-state index in [2.05, 4.69) is 0 Å². The fraction of sp³-hybridized carbons (Fsp3) is 0.462. The third-order valence-electron chi connectivity index (χ3n) is 2.98. The normalized spacial score (nSPS) is 16.8. The van der Waals surface area contributed by atoms with Gasteiger partial charge in [-0.05, 0) is 66.5 Å². The Morgan fingerprint density at radius 1 is 1.29 bits per heavy atom. The van der Waals surface area contributed by atoms with Gasteiger partial charge in [-0.2, -0.15) is 0 Å². The smallest absolute Gasteiger partial charge is 0.339 e. The molecule has 1 saturated carbocycles. The van der Waals surface area contributed by atoms with Crippen LogP contribution in [-0.4, -0.2) is 12.1 Å². The van der Waals surface area contributed by atoms with Crippen molar-refractivity contribution in [2.24, 2.45) is 0 Å². The van der Waals surface area contributed by atoms with Crippen LogP contribution in [0.3, 0.4) is 0 Å². The highest BCUT2D eigenvalue weighted by Crippen LogP contribution is 2.22. The molecule has 0 bridgehead atoms. The van der Waals surface area contributed by atoms with Crippen LogP contribution in [0.5, 0.6) is 0 Å². The van der Waals surface area contributed by atoms with Crippen LogP contribution in [0.4, 0.5) is 4.39 Å². The minimum absolute atomic E-state index is 0.0390. The van der Waals surface area contributed by atoms with Crippen LogP contribution < -0.4 is 0 Å². The van der Waals surface area contributed by atoms with E-state index in [9.17, 15) is 9.18 Å². The molecule has 1 aliphatic carbocycles. The van der Waals surface area contributed by atoms with Gasteiger partial charge >= 0.3 is 5.97 Å². The molecule has 0 heterocycles. The van der Waals surface area contributed by atoms with E-state index < -0.39 is 0 Å². The Labute approximate surface area is 114 Å². The van der Waals surface area contributed by atoms with Crippen molar-refractivity contribution in [3.63, 3.8) is 0 Å². The molecule has 0 unspecified atom stereocenters. The Hall–Kier alpha value is -0.650. The summed E-state index contributed by atoms with van der Waals surface area (Å²) in [5, 5.41) is 0. The first-order valence-corrected chi connectivity index (χ1v) is 6.91. The molecule has 0 amide bonds. The molecular formula is C13H14FIO2. The zero-order valence-corrected chi connectivity index (χ0v) is 11.6. The van der Waals surface area contributed by atoms with Crippen LogP contribution in [0.1, 0.15) is 42.5 Å². The SMILES string of the molecule is O=C(OC1CCCCC1)c1ccc(F)cc1I. The molecule has 1 fully saturated rings. The van der Waals surface area contributed by atoms with Crippen molar-refractivity contribution in [2.45, 2.75) is 38.2 Å². The molecule has 0 N–H and O–H groups in total. The van der Waals surface area contributed by atoms with E-state index in [0.717, 1.165) is 25.7 Å². The number of carbonyl (C=O) groups is 1. The molecule has 17 heavy (non-hydrogen) atoms. The van der Waals surface area contributed by atoms with Crippen LogP contribution in [0.25, 0.3) is 0 Å². The van der Waals surface area contributed by atoms with Crippen molar-refractivity contribution in [3.8, 4) is 0 Å². The molecule has 0 saturated heterocycles. The molecular weight excluding hydrogens is 334 g/mol. The molecule has 0 atom stereocenters. The fourth-order valence-electron chi connectivity index (χ4n) is 2.05. The van der Waals surface area contributed by atoms with E-state index in [1.807, 2.05) is 22.6 Å². The number of hydrogen-bond donors (Lipinski definition) is 0. The highest BCUT2D eigenvalue weighted by molar-refractivity contribution is 14.1. The lowest BCUT2D eigenvalue weighted by Crippen LogP contribution is -2.21. The molecule has 0 aliphatic heterocycles. The van der Waals surface area contributed by atoms with Crippen molar-refractivity contribution in [1.82, 2.24) is 0 Å². The van der Waals surface area contributed by atoms with Gasteiger partial charge in [0.1, 0.15) is 11.9 Å². The maximum absolute atomic E-state index is 12.9. The van der Waals surface area contributed by atoms with Gasteiger partial charge in [0.05, 0.1) is 5.56 Å². The molecule has 1 aliphatic rings. The van der Waals surface area contributed by atoms with E-state index in [1.165, 1.54) is 24.6 Å². The maximum Gasteiger partial charge on any atom is 0.339 e. The van der Waals surface area contributed by atoms with Gasteiger partial charge in [-0.3, -0.25) is 0 Å². The average molecular weight is 348 g/mol. The Kier molecular flexibility index (Phi) is 4.36. The topological polar surface area (TPSA) is 26.3 Å². The zero-order valence-electron chi connectivity index (χ0n) is 9.42. The van der Waals surface area contributed by atoms with Gasteiger partial charge in [-0.15, -0.1) is 0 Å². The van der Waals surface area contributed by atoms with Gasteiger partial charge in [0.15, 0.2) is 0 Å². The lowest BCUT2D eigenvalue weighted by atomic mass is 9.98. The van der Waals surface area contributed by atoms with Crippen molar-refractivity contribution in [2.75, 3.05) is 0 Å². The van der Waals surface area contributed by atoms with Gasteiger partial charge < -0.3 is 4.74 Å². The first-order valence-electron chi connectivity index (χ1n) is 5.83. The molecule has 2 rings (SSSR count). The highest BCUT2D eigenvalue weighted by Gasteiger charge is 2.20. The van der Waals surface area contributed by atoms with Crippen LogP contribution in [0.15, 0.2) is 18.2 Å². The summed E-state index contributed by atoms with van der Waals surface area (Å²) in [5.41, 5.74) is 0.456.